The number of likely N-dealkylation sites (tertiary alicyclic amines) is 1. The number of rotatable bonds is 4. The van der Waals surface area contributed by atoms with Crippen molar-refractivity contribution in [3.63, 3.8) is 0 Å². The fraction of sp³-hybridized carbons (Fsp3) is 0.591. The number of halogens is 3. The summed E-state index contributed by atoms with van der Waals surface area (Å²) in [4.78, 5) is 27.8. The highest BCUT2D eigenvalue weighted by atomic mass is 35.5. The molecule has 3 saturated heterocycles. The van der Waals surface area contributed by atoms with E-state index >= 15 is 0 Å². The first-order valence-corrected chi connectivity index (χ1v) is 11.3. The Balaban J connectivity index is 0.00000136. The molecule has 3 fully saturated rings. The monoisotopic (exact) mass is 534 g/mol. The SMILES string of the molecule is Cl.Cl.Cl.O=C1CCN(c2cccc3c2cnn3C2CCN(CC3(O)CCNCC3)CC2)C(=O)N1. The minimum atomic E-state index is -0.568. The van der Waals surface area contributed by atoms with Crippen molar-refractivity contribution in [2.24, 2.45) is 0 Å². The molecule has 2 aromatic rings. The number of hydrogen-bond acceptors (Lipinski definition) is 6. The predicted molar refractivity (Wildman–Crippen MR) is 139 cm³/mol. The lowest BCUT2D eigenvalue weighted by Crippen LogP contribution is -2.51. The molecule has 190 valence electrons. The van der Waals surface area contributed by atoms with Crippen molar-refractivity contribution in [3.05, 3.63) is 24.4 Å². The Morgan fingerprint density at radius 1 is 1.06 bits per heavy atom. The number of benzene rings is 1. The van der Waals surface area contributed by atoms with E-state index in [0.717, 1.165) is 75.0 Å². The Hall–Kier alpha value is -1.62. The lowest BCUT2D eigenvalue weighted by molar-refractivity contribution is -0.120. The normalized spacial score (nSPS) is 21.3. The number of aromatic nitrogens is 2. The number of fused-ring (bicyclic) bond motifs is 1. The first-order valence-electron chi connectivity index (χ1n) is 11.3. The summed E-state index contributed by atoms with van der Waals surface area (Å²) >= 11 is 0. The van der Waals surface area contributed by atoms with E-state index in [1.165, 1.54) is 0 Å². The number of imide groups is 1. The third kappa shape index (κ3) is 5.78. The van der Waals surface area contributed by atoms with Crippen LogP contribution in [0.15, 0.2) is 24.4 Å². The number of nitrogens with one attached hydrogen (secondary N) is 2. The summed E-state index contributed by atoms with van der Waals surface area (Å²) in [5, 5.41) is 22.2. The van der Waals surface area contributed by atoms with Crippen LogP contribution in [0.5, 0.6) is 0 Å². The standard InChI is InChI=1S/C22H30N6O3.3ClH/c29-20-6-13-27(21(30)25-20)18-2-1-3-19-17(18)14-24-28(19)16-4-11-26(12-5-16)15-22(31)7-9-23-10-8-22;;;/h1-3,14,16,23,31H,4-13,15H2,(H,25,29,30);3*1H. The first-order chi connectivity index (χ1) is 15.0. The maximum atomic E-state index is 12.3. The Labute approximate surface area is 217 Å². The van der Waals surface area contributed by atoms with Crippen LogP contribution in [0.4, 0.5) is 10.5 Å². The average molecular weight is 536 g/mol. The van der Waals surface area contributed by atoms with E-state index in [0.29, 0.717) is 19.0 Å². The van der Waals surface area contributed by atoms with Crippen LogP contribution in [0.2, 0.25) is 0 Å². The maximum absolute atomic E-state index is 12.3. The number of aliphatic hydroxyl groups is 1. The van der Waals surface area contributed by atoms with E-state index in [4.69, 9.17) is 0 Å². The van der Waals surface area contributed by atoms with Gasteiger partial charge in [0.15, 0.2) is 0 Å². The summed E-state index contributed by atoms with van der Waals surface area (Å²) in [6, 6.07) is 5.82. The van der Waals surface area contributed by atoms with E-state index in [9.17, 15) is 14.7 Å². The second-order valence-corrected chi connectivity index (χ2v) is 9.04. The molecular formula is C22H33Cl3N6O3. The number of hydrogen-bond donors (Lipinski definition) is 3. The number of anilines is 1. The molecule has 3 aliphatic heterocycles. The highest BCUT2D eigenvalue weighted by molar-refractivity contribution is 6.09. The second kappa shape index (κ2) is 11.9. The molecule has 34 heavy (non-hydrogen) atoms. The van der Waals surface area contributed by atoms with Crippen molar-refractivity contribution >= 4 is 65.7 Å². The minimum absolute atomic E-state index is 0. The van der Waals surface area contributed by atoms with Gasteiger partial charge in [0, 0.05) is 38.0 Å². The number of nitrogens with zero attached hydrogens (tertiary/aromatic N) is 4. The van der Waals surface area contributed by atoms with Crippen LogP contribution < -0.4 is 15.5 Å². The van der Waals surface area contributed by atoms with Gasteiger partial charge in [0.2, 0.25) is 5.91 Å². The van der Waals surface area contributed by atoms with Crippen LogP contribution in [0.25, 0.3) is 10.9 Å². The molecule has 0 saturated carbocycles. The van der Waals surface area contributed by atoms with Crippen molar-refractivity contribution in [2.45, 2.75) is 43.7 Å². The van der Waals surface area contributed by atoms with Gasteiger partial charge in [0.1, 0.15) is 0 Å². The van der Waals surface area contributed by atoms with E-state index < -0.39 is 5.60 Å². The summed E-state index contributed by atoms with van der Waals surface area (Å²) < 4.78 is 2.09. The maximum Gasteiger partial charge on any atom is 0.328 e. The molecule has 0 radical (unpaired) electrons. The Bertz CT molecular complexity index is 989. The van der Waals surface area contributed by atoms with E-state index in [2.05, 4.69) is 25.3 Å². The van der Waals surface area contributed by atoms with Gasteiger partial charge in [0.25, 0.3) is 0 Å². The zero-order valence-corrected chi connectivity index (χ0v) is 21.4. The zero-order chi connectivity index (χ0) is 21.4. The smallest absolute Gasteiger partial charge is 0.328 e. The van der Waals surface area contributed by atoms with Crippen LogP contribution in [0.1, 0.15) is 38.1 Å². The van der Waals surface area contributed by atoms with Crippen molar-refractivity contribution in [1.29, 1.82) is 0 Å². The predicted octanol–water partition coefficient (Wildman–Crippen LogP) is 2.50. The number of β-amino-alcohol motifs (C(OH)–C–C–N with tert-alkyl or cyclic N) is 1. The molecule has 0 spiro atoms. The van der Waals surface area contributed by atoms with Gasteiger partial charge in [-0.3, -0.25) is 19.7 Å². The van der Waals surface area contributed by atoms with Gasteiger partial charge in [-0.15, -0.1) is 37.2 Å². The Kier molecular flexibility index (Phi) is 10.00. The molecule has 5 rings (SSSR count). The van der Waals surface area contributed by atoms with Gasteiger partial charge in [-0.25, -0.2) is 4.79 Å². The minimum Gasteiger partial charge on any atom is -0.388 e. The molecule has 0 aliphatic carbocycles. The molecule has 1 aromatic carbocycles. The van der Waals surface area contributed by atoms with Crippen LogP contribution in [0, 0.1) is 0 Å². The van der Waals surface area contributed by atoms with E-state index in [1.54, 1.807) is 4.90 Å². The van der Waals surface area contributed by atoms with Crippen molar-refractivity contribution < 1.29 is 14.7 Å². The summed E-state index contributed by atoms with van der Waals surface area (Å²) in [6.07, 6.45) is 5.72. The first kappa shape index (κ1) is 28.6. The third-order valence-electron chi connectivity index (χ3n) is 6.92. The van der Waals surface area contributed by atoms with Crippen molar-refractivity contribution in [1.82, 2.24) is 25.3 Å². The fourth-order valence-electron chi connectivity index (χ4n) is 5.16. The van der Waals surface area contributed by atoms with Crippen LogP contribution in [-0.2, 0) is 4.79 Å². The average Bonchev–Trinajstić information content (AvgIpc) is 3.19. The highest BCUT2D eigenvalue weighted by Gasteiger charge is 2.33. The molecule has 12 heteroatoms. The van der Waals surface area contributed by atoms with Gasteiger partial charge in [0.05, 0.1) is 29.0 Å². The molecule has 4 heterocycles. The molecule has 9 nitrogen and oxygen atoms in total. The molecule has 0 atom stereocenters. The molecule has 3 aliphatic rings. The Morgan fingerprint density at radius 3 is 2.44 bits per heavy atom. The van der Waals surface area contributed by atoms with Gasteiger partial charge in [-0.1, -0.05) is 6.07 Å². The van der Waals surface area contributed by atoms with Crippen molar-refractivity contribution in [3.8, 4) is 0 Å². The molecule has 0 bridgehead atoms. The summed E-state index contributed by atoms with van der Waals surface area (Å²) in [7, 11) is 0. The second-order valence-electron chi connectivity index (χ2n) is 9.04. The topological polar surface area (TPSA) is 103 Å². The van der Waals surface area contributed by atoms with Crippen molar-refractivity contribution in [2.75, 3.05) is 44.2 Å². The lowest BCUT2D eigenvalue weighted by atomic mass is 9.91. The zero-order valence-electron chi connectivity index (χ0n) is 18.9. The largest absolute Gasteiger partial charge is 0.388 e. The van der Waals surface area contributed by atoms with Crippen LogP contribution in [-0.4, -0.2) is 76.6 Å². The molecule has 3 amide bonds. The Morgan fingerprint density at radius 2 is 1.76 bits per heavy atom. The van der Waals surface area contributed by atoms with Gasteiger partial charge in [-0.2, -0.15) is 5.10 Å². The number of piperidine rings is 2. The van der Waals surface area contributed by atoms with E-state index in [1.807, 2.05) is 24.4 Å². The highest BCUT2D eigenvalue weighted by Crippen LogP contribution is 2.32. The lowest BCUT2D eigenvalue weighted by Gasteiger charge is -2.40. The number of carbonyl (C=O) groups excluding carboxylic acids is 2. The molecule has 3 N–H and O–H groups in total. The number of carbonyl (C=O) groups is 2. The quantitative estimate of drug-likeness (QED) is 0.556. The fourth-order valence-corrected chi connectivity index (χ4v) is 5.16. The van der Waals surface area contributed by atoms with E-state index in [-0.39, 0.29) is 49.2 Å². The number of urea groups is 1. The number of amides is 3. The molecular weight excluding hydrogens is 503 g/mol. The van der Waals surface area contributed by atoms with Crippen LogP contribution in [0.3, 0.4) is 0 Å². The summed E-state index contributed by atoms with van der Waals surface area (Å²) in [5.74, 6) is -0.231. The summed E-state index contributed by atoms with van der Waals surface area (Å²) in [5.41, 5.74) is 1.24. The molecule has 0 unspecified atom stereocenters. The van der Waals surface area contributed by atoms with Gasteiger partial charge >= 0.3 is 6.03 Å². The van der Waals surface area contributed by atoms with Gasteiger partial charge in [-0.05, 0) is 50.9 Å². The third-order valence-corrected chi connectivity index (χ3v) is 6.92. The molecule has 1 aromatic heterocycles. The summed E-state index contributed by atoms with van der Waals surface area (Å²) in [6.45, 7) is 4.78. The van der Waals surface area contributed by atoms with Gasteiger partial charge < -0.3 is 15.3 Å². The van der Waals surface area contributed by atoms with Crippen LogP contribution >= 0.6 is 37.2 Å².